The van der Waals surface area contributed by atoms with Gasteiger partial charge in [0.1, 0.15) is 0 Å². The molecule has 0 spiro atoms. The van der Waals surface area contributed by atoms with Crippen molar-refractivity contribution in [3.05, 3.63) is 65.7 Å². The normalized spacial score (nSPS) is 11.6. The zero-order valence-electron chi connectivity index (χ0n) is 17.7. The number of aromatic nitrogens is 3. The van der Waals surface area contributed by atoms with Crippen LogP contribution in [0, 0.1) is 0 Å². The second kappa shape index (κ2) is 10.9. The number of halogens is 6. The average molecular weight is 500 g/mol. The molecule has 3 rings (SSSR count). The Bertz CT molecular complexity index is 1140. The van der Waals surface area contributed by atoms with Gasteiger partial charge >= 0.3 is 18.4 Å². The van der Waals surface area contributed by atoms with Gasteiger partial charge in [-0.3, -0.25) is 4.79 Å². The monoisotopic (exact) mass is 500 g/mol. The molecule has 35 heavy (non-hydrogen) atoms. The topological polar surface area (TPSA) is 101 Å². The van der Waals surface area contributed by atoms with E-state index in [-0.39, 0.29) is 24.7 Å². The lowest BCUT2D eigenvalue weighted by Gasteiger charge is -2.13. The van der Waals surface area contributed by atoms with Gasteiger partial charge in [0.2, 0.25) is 17.8 Å². The Labute approximate surface area is 194 Å². The molecule has 186 valence electrons. The molecule has 0 bridgehead atoms. The highest BCUT2D eigenvalue weighted by Gasteiger charge is 2.31. The molecular weight excluding hydrogens is 482 g/mol. The molecule has 8 nitrogen and oxygen atoms in total. The molecule has 0 atom stereocenters. The van der Waals surface area contributed by atoms with Gasteiger partial charge in [0.15, 0.2) is 6.61 Å². The Morgan fingerprint density at radius 2 is 1.60 bits per heavy atom. The number of hydrogen-bond acceptors (Lipinski definition) is 7. The van der Waals surface area contributed by atoms with E-state index in [2.05, 4.69) is 35.6 Å². The van der Waals surface area contributed by atoms with Gasteiger partial charge in [-0.1, -0.05) is 36.4 Å². The molecule has 1 amide bonds. The first kappa shape index (κ1) is 25.5. The minimum absolute atomic E-state index is 0.0839. The highest BCUT2D eigenvalue weighted by atomic mass is 19.4. The number of ether oxygens (including phenoxy) is 1. The van der Waals surface area contributed by atoms with E-state index >= 15 is 0 Å². The summed E-state index contributed by atoms with van der Waals surface area (Å²) < 4.78 is 81.0. The molecule has 1 heterocycles. The van der Waals surface area contributed by atoms with Gasteiger partial charge in [-0.15, -0.1) is 0 Å². The number of carbonyl (C=O) groups excluding carboxylic acids is 1. The first-order valence-electron chi connectivity index (χ1n) is 9.92. The summed E-state index contributed by atoms with van der Waals surface area (Å²) in [5.41, 5.74) is -0.200. The van der Waals surface area contributed by atoms with Crippen molar-refractivity contribution in [2.24, 2.45) is 0 Å². The van der Waals surface area contributed by atoms with Gasteiger partial charge in [0.05, 0.1) is 12.1 Å². The number of rotatable bonds is 9. The fraction of sp³-hybridized carbons (Fsp3) is 0.238. The molecule has 14 heteroatoms. The second-order valence-corrected chi connectivity index (χ2v) is 6.99. The van der Waals surface area contributed by atoms with Gasteiger partial charge in [0, 0.05) is 12.2 Å². The third-order valence-corrected chi connectivity index (χ3v) is 4.17. The largest absolute Gasteiger partial charge is 0.454 e. The number of nitrogens with one attached hydrogen (secondary N) is 3. The molecule has 0 fully saturated rings. The summed E-state index contributed by atoms with van der Waals surface area (Å²) in [5.74, 6) is -1.20. The van der Waals surface area contributed by atoms with Crippen molar-refractivity contribution in [1.82, 2.24) is 20.3 Å². The zero-order valence-corrected chi connectivity index (χ0v) is 17.7. The average Bonchev–Trinajstić information content (AvgIpc) is 2.80. The van der Waals surface area contributed by atoms with Crippen LogP contribution >= 0.6 is 0 Å². The summed E-state index contributed by atoms with van der Waals surface area (Å²) in [4.78, 5) is 23.3. The molecule has 2 aromatic carbocycles. The SMILES string of the molecule is O=C(CNc1nc(Nc2cccc(C(F)(F)F)c2)nc(OCC(F)(F)F)n1)NCc1ccccc1. The first-order valence-corrected chi connectivity index (χ1v) is 9.92. The van der Waals surface area contributed by atoms with Gasteiger partial charge in [0.25, 0.3) is 0 Å². The van der Waals surface area contributed by atoms with Crippen LogP contribution < -0.4 is 20.7 Å². The summed E-state index contributed by atoms with van der Waals surface area (Å²) in [6.45, 7) is -1.82. The second-order valence-electron chi connectivity index (χ2n) is 6.99. The van der Waals surface area contributed by atoms with Crippen LogP contribution in [0.3, 0.4) is 0 Å². The molecule has 3 N–H and O–H groups in total. The molecule has 0 saturated carbocycles. The number of hydrogen-bond donors (Lipinski definition) is 3. The van der Waals surface area contributed by atoms with Gasteiger partial charge in [-0.05, 0) is 23.8 Å². The molecule has 0 aliphatic heterocycles. The molecule has 0 unspecified atom stereocenters. The van der Waals surface area contributed by atoms with Crippen LogP contribution in [0.1, 0.15) is 11.1 Å². The fourth-order valence-corrected chi connectivity index (χ4v) is 2.62. The lowest BCUT2D eigenvalue weighted by molar-refractivity contribution is -0.154. The molecule has 0 aliphatic rings. The number of nitrogens with zero attached hydrogens (tertiary/aromatic N) is 3. The predicted octanol–water partition coefficient (Wildman–Crippen LogP) is 4.30. The molecule has 3 aromatic rings. The summed E-state index contributed by atoms with van der Waals surface area (Å²) in [5, 5.41) is 7.62. The van der Waals surface area contributed by atoms with Crippen molar-refractivity contribution in [3.63, 3.8) is 0 Å². The third kappa shape index (κ3) is 8.64. The van der Waals surface area contributed by atoms with Crippen LogP contribution in [0.15, 0.2) is 54.6 Å². The minimum atomic E-state index is -4.69. The summed E-state index contributed by atoms with van der Waals surface area (Å²) in [6.07, 6.45) is -9.30. The van der Waals surface area contributed by atoms with Crippen LogP contribution in [0.4, 0.5) is 43.9 Å². The van der Waals surface area contributed by atoms with Crippen LogP contribution in [0.5, 0.6) is 6.01 Å². The van der Waals surface area contributed by atoms with Crippen molar-refractivity contribution in [2.75, 3.05) is 23.8 Å². The number of anilines is 3. The van der Waals surface area contributed by atoms with Crippen molar-refractivity contribution >= 4 is 23.5 Å². The van der Waals surface area contributed by atoms with E-state index in [1.54, 1.807) is 24.3 Å². The van der Waals surface area contributed by atoms with Gasteiger partial charge in [-0.2, -0.15) is 41.3 Å². The maximum Gasteiger partial charge on any atom is 0.422 e. The van der Waals surface area contributed by atoms with Gasteiger partial charge in [-0.25, -0.2) is 0 Å². The predicted molar refractivity (Wildman–Crippen MR) is 113 cm³/mol. The Balaban J connectivity index is 1.72. The number of amides is 1. The van der Waals surface area contributed by atoms with E-state index in [0.717, 1.165) is 23.8 Å². The highest BCUT2D eigenvalue weighted by Crippen LogP contribution is 2.31. The number of carbonyl (C=O) groups is 1. The Morgan fingerprint density at radius 1 is 0.886 bits per heavy atom. The number of alkyl halides is 6. The van der Waals surface area contributed by atoms with Gasteiger partial charge < -0.3 is 20.7 Å². The van der Waals surface area contributed by atoms with Crippen LogP contribution in [0.25, 0.3) is 0 Å². The Kier molecular flexibility index (Phi) is 7.94. The fourth-order valence-electron chi connectivity index (χ4n) is 2.62. The summed E-state index contributed by atoms with van der Waals surface area (Å²) in [7, 11) is 0. The zero-order chi connectivity index (χ0) is 25.5. The molecule has 1 aromatic heterocycles. The molecule has 0 radical (unpaired) electrons. The molecule has 0 aliphatic carbocycles. The highest BCUT2D eigenvalue weighted by molar-refractivity contribution is 5.80. The van der Waals surface area contributed by atoms with E-state index in [4.69, 9.17) is 0 Å². The van der Waals surface area contributed by atoms with E-state index in [1.807, 2.05) is 6.07 Å². The van der Waals surface area contributed by atoms with E-state index in [0.29, 0.717) is 0 Å². The minimum Gasteiger partial charge on any atom is -0.454 e. The van der Waals surface area contributed by atoms with E-state index in [1.165, 1.54) is 6.07 Å². The third-order valence-electron chi connectivity index (χ3n) is 4.17. The lowest BCUT2D eigenvalue weighted by atomic mass is 10.2. The first-order chi connectivity index (χ1) is 16.5. The van der Waals surface area contributed by atoms with Crippen molar-refractivity contribution in [2.45, 2.75) is 18.9 Å². The Hall–Kier alpha value is -4.10. The summed E-state index contributed by atoms with van der Waals surface area (Å²) >= 11 is 0. The van der Waals surface area contributed by atoms with Crippen molar-refractivity contribution in [1.29, 1.82) is 0 Å². The number of benzene rings is 2. The van der Waals surface area contributed by atoms with Crippen molar-refractivity contribution in [3.8, 4) is 6.01 Å². The smallest absolute Gasteiger partial charge is 0.422 e. The lowest BCUT2D eigenvalue weighted by Crippen LogP contribution is -2.30. The van der Waals surface area contributed by atoms with E-state index < -0.39 is 42.4 Å². The van der Waals surface area contributed by atoms with Crippen molar-refractivity contribution < 1.29 is 35.9 Å². The standard InChI is InChI=1S/C21H18F6N6O2/c22-20(23,24)12-35-19-32-17(29-11-16(34)28-10-13-5-2-1-3-6-13)31-18(33-19)30-15-8-4-7-14(9-15)21(25,26)27/h1-9H,10-12H2,(H,28,34)(H2,29,30,31,32,33). The van der Waals surface area contributed by atoms with Crippen LogP contribution in [-0.2, 0) is 17.5 Å². The quantitative estimate of drug-likeness (QED) is 0.377. The van der Waals surface area contributed by atoms with E-state index in [9.17, 15) is 31.1 Å². The molecule has 0 saturated heterocycles. The maximum absolute atomic E-state index is 13.0. The molecular formula is C21H18F6N6O2. The van der Waals surface area contributed by atoms with Crippen LogP contribution in [-0.4, -0.2) is 40.2 Å². The van der Waals surface area contributed by atoms with Crippen LogP contribution in [0.2, 0.25) is 0 Å². The summed E-state index contributed by atoms with van der Waals surface area (Å²) in [6, 6.07) is 12.3. The maximum atomic E-state index is 13.0. The Morgan fingerprint density at radius 3 is 2.29 bits per heavy atom.